The molecule has 1 fully saturated rings. The Morgan fingerprint density at radius 1 is 1.50 bits per heavy atom. The standard InChI is InChI=1S/C13H20N2O/c1-2-7-14-9-11-6-8-15-10-13(11)16-12-4-3-5-12/h6,8,10,12,14H,2-5,7,9H2,1H3. The summed E-state index contributed by atoms with van der Waals surface area (Å²) in [5.41, 5.74) is 1.22. The van der Waals surface area contributed by atoms with E-state index in [1.165, 1.54) is 24.8 Å². The lowest BCUT2D eigenvalue weighted by molar-refractivity contribution is 0.118. The molecule has 0 bridgehead atoms. The third kappa shape index (κ3) is 2.95. The summed E-state index contributed by atoms with van der Waals surface area (Å²) < 4.78 is 5.91. The van der Waals surface area contributed by atoms with Crippen LogP contribution in [0, 0.1) is 0 Å². The molecule has 88 valence electrons. The van der Waals surface area contributed by atoms with E-state index in [4.69, 9.17) is 4.74 Å². The molecule has 1 aliphatic carbocycles. The van der Waals surface area contributed by atoms with Crippen molar-refractivity contribution in [2.45, 2.75) is 45.3 Å². The molecule has 0 radical (unpaired) electrons. The number of hydrogen-bond donors (Lipinski definition) is 1. The van der Waals surface area contributed by atoms with Gasteiger partial charge in [0, 0.05) is 18.3 Å². The van der Waals surface area contributed by atoms with Crippen molar-refractivity contribution in [3.63, 3.8) is 0 Å². The van der Waals surface area contributed by atoms with E-state index in [0.29, 0.717) is 6.10 Å². The van der Waals surface area contributed by atoms with E-state index < -0.39 is 0 Å². The molecule has 1 N–H and O–H groups in total. The highest BCUT2D eigenvalue weighted by Gasteiger charge is 2.20. The number of hydrogen-bond acceptors (Lipinski definition) is 3. The predicted octanol–water partition coefficient (Wildman–Crippen LogP) is 2.51. The smallest absolute Gasteiger partial charge is 0.142 e. The topological polar surface area (TPSA) is 34.2 Å². The van der Waals surface area contributed by atoms with Gasteiger partial charge in [0.1, 0.15) is 5.75 Å². The number of rotatable bonds is 6. The van der Waals surface area contributed by atoms with Crippen molar-refractivity contribution in [2.75, 3.05) is 6.54 Å². The molecule has 0 spiro atoms. The molecule has 1 aliphatic rings. The molecule has 0 atom stereocenters. The van der Waals surface area contributed by atoms with Gasteiger partial charge in [0.2, 0.25) is 0 Å². The minimum absolute atomic E-state index is 0.425. The van der Waals surface area contributed by atoms with Crippen LogP contribution in [0.1, 0.15) is 38.2 Å². The van der Waals surface area contributed by atoms with Gasteiger partial charge in [-0.2, -0.15) is 0 Å². The van der Waals surface area contributed by atoms with Crippen LogP contribution in [0.4, 0.5) is 0 Å². The largest absolute Gasteiger partial charge is 0.488 e. The van der Waals surface area contributed by atoms with Crippen molar-refractivity contribution in [2.24, 2.45) is 0 Å². The summed E-state index contributed by atoms with van der Waals surface area (Å²) in [6.45, 7) is 4.09. The summed E-state index contributed by atoms with van der Waals surface area (Å²) in [5.74, 6) is 0.954. The lowest BCUT2D eigenvalue weighted by Gasteiger charge is -2.27. The van der Waals surface area contributed by atoms with Gasteiger partial charge in [-0.25, -0.2) is 0 Å². The summed E-state index contributed by atoms with van der Waals surface area (Å²) in [7, 11) is 0. The van der Waals surface area contributed by atoms with Crippen LogP contribution in [0.15, 0.2) is 18.5 Å². The molecule has 1 heterocycles. The first-order valence-corrected chi connectivity index (χ1v) is 6.20. The summed E-state index contributed by atoms with van der Waals surface area (Å²) in [5, 5.41) is 3.39. The highest BCUT2D eigenvalue weighted by atomic mass is 16.5. The number of aromatic nitrogens is 1. The van der Waals surface area contributed by atoms with Crippen molar-refractivity contribution >= 4 is 0 Å². The average molecular weight is 220 g/mol. The molecule has 0 unspecified atom stereocenters. The van der Waals surface area contributed by atoms with E-state index in [9.17, 15) is 0 Å². The fourth-order valence-electron chi connectivity index (χ4n) is 1.73. The molecule has 0 amide bonds. The van der Waals surface area contributed by atoms with Crippen molar-refractivity contribution < 1.29 is 4.74 Å². The maximum absolute atomic E-state index is 5.91. The van der Waals surface area contributed by atoms with Crippen LogP contribution in [0.3, 0.4) is 0 Å². The highest BCUT2D eigenvalue weighted by molar-refractivity contribution is 5.30. The van der Waals surface area contributed by atoms with E-state index in [1.54, 1.807) is 0 Å². The fraction of sp³-hybridized carbons (Fsp3) is 0.615. The maximum Gasteiger partial charge on any atom is 0.142 e. The summed E-state index contributed by atoms with van der Waals surface area (Å²) in [6.07, 6.45) is 8.93. The number of pyridine rings is 1. The van der Waals surface area contributed by atoms with Crippen LogP contribution in [0.25, 0.3) is 0 Å². The number of ether oxygens (including phenoxy) is 1. The van der Waals surface area contributed by atoms with E-state index in [2.05, 4.69) is 17.2 Å². The quantitative estimate of drug-likeness (QED) is 0.748. The molecule has 3 heteroatoms. The van der Waals surface area contributed by atoms with Gasteiger partial charge in [0.15, 0.2) is 0 Å². The average Bonchev–Trinajstić information content (AvgIpc) is 2.25. The van der Waals surface area contributed by atoms with Crippen LogP contribution in [-0.4, -0.2) is 17.6 Å². The normalized spacial score (nSPS) is 15.8. The maximum atomic E-state index is 5.91. The number of nitrogens with one attached hydrogen (secondary N) is 1. The minimum Gasteiger partial charge on any atom is -0.488 e. The van der Waals surface area contributed by atoms with Gasteiger partial charge in [0.05, 0.1) is 12.3 Å². The third-order valence-electron chi connectivity index (χ3n) is 2.96. The monoisotopic (exact) mass is 220 g/mol. The number of nitrogens with zero attached hydrogens (tertiary/aromatic N) is 1. The molecule has 3 nitrogen and oxygen atoms in total. The molecule has 0 aliphatic heterocycles. The first-order valence-electron chi connectivity index (χ1n) is 6.20. The Morgan fingerprint density at radius 3 is 3.06 bits per heavy atom. The van der Waals surface area contributed by atoms with Gasteiger partial charge in [-0.05, 0) is 38.3 Å². The summed E-state index contributed by atoms with van der Waals surface area (Å²) in [4.78, 5) is 4.13. The molecule has 2 rings (SSSR count). The SMILES string of the molecule is CCCNCc1ccncc1OC1CCC1. The van der Waals surface area contributed by atoms with Gasteiger partial charge < -0.3 is 10.1 Å². The molecule has 1 saturated carbocycles. The van der Waals surface area contributed by atoms with Gasteiger partial charge in [0.25, 0.3) is 0 Å². The molecule has 0 aromatic carbocycles. The lowest BCUT2D eigenvalue weighted by atomic mass is 9.96. The second kappa shape index (κ2) is 5.85. The molecule has 1 aromatic rings. The van der Waals surface area contributed by atoms with Crippen molar-refractivity contribution in [3.8, 4) is 5.75 Å². The first-order chi connectivity index (χ1) is 7.90. The lowest BCUT2D eigenvalue weighted by Crippen LogP contribution is -2.25. The fourth-order valence-corrected chi connectivity index (χ4v) is 1.73. The van der Waals surface area contributed by atoms with Crippen molar-refractivity contribution in [1.82, 2.24) is 10.3 Å². The highest BCUT2D eigenvalue weighted by Crippen LogP contribution is 2.26. The molecular weight excluding hydrogens is 200 g/mol. The van der Waals surface area contributed by atoms with Gasteiger partial charge in [-0.3, -0.25) is 4.98 Å². The van der Waals surface area contributed by atoms with Crippen molar-refractivity contribution in [3.05, 3.63) is 24.0 Å². The zero-order valence-corrected chi connectivity index (χ0v) is 9.91. The Hall–Kier alpha value is -1.09. The van der Waals surface area contributed by atoms with E-state index in [0.717, 1.165) is 25.3 Å². The van der Waals surface area contributed by atoms with E-state index >= 15 is 0 Å². The van der Waals surface area contributed by atoms with Gasteiger partial charge >= 0.3 is 0 Å². The van der Waals surface area contributed by atoms with Crippen LogP contribution in [0.5, 0.6) is 5.75 Å². The Kier molecular flexibility index (Phi) is 4.17. The third-order valence-corrected chi connectivity index (χ3v) is 2.96. The van der Waals surface area contributed by atoms with Crippen LogP contribution >= 0.6 is 0 Å². The summed E-state index contributed by atoms with van der Waals surface area (Å²) >= 11 is 0. The zero-order chi connectivity index (χ0) is 11.2. The predicted molar refractivity (Wildman–Crippen MR) is 64.5 cm³/mol. The molecule has 16 heavy (non-hydrogen) atoms. The molecule has 1 aromatic heterocycles. The first kappa shape index (κ1) is 11.4. The Labute approximate surface area is 97.2 Å². The van der Waals surface area contributed by atoms with E-state index in [1.807, 2.05) is 18.5 Å². The second-order valence-corrected chi connectivity index (χ2v) is 4.33. The molecular formula is C13H20N2O. The second-order valence-electron chi connectivity index (χ2n) is 4.33. The molecule has 0 saturated heterocycles. The Morgan fingerprint density at radius 2 is 2.38 bits per heavy atom. The van der Waals surface area contributed by atoms with Gasteiger partial charge in [-0.1, -0.05) is 6.92 Å². The van der Waals surface area contributed by atoms with Crippen LogP contribution in [-0.2, 0) is 6.54 Å². The Bertz CT molecular complexity index is 323. The van der Waals surface area contributed by atoms with Gasteiger partial charge in [-0.15, -0.1) is 0 Å². The van der Waals surface area contributed by atoms with Crippen LogP contribution in [0.2, 0.25) is 0 Å². The Balaban J connectivity index is 1.92. The van der Waals surface area contributed by atoms with E-state index in [-0.39, 0.29) is 0 Å². The summed E-state index contributed by atoms with van der Waals surface area (Å²) in [6, 6.07) is 2.04. The van der Waals surface area contributed by atoms with Crippen molar-refractivity contribution in [1.29, 1.82) is 0 Å². The van der Waals surface area contributed by atoms with Crippen LogP contribution < -0.4 is 10.1 Å². The zero-order valence-electron chi connectivity index (χ0n) is 9.91. The minimum atomic E-state index is 0.425.